The molecule has 3 rings (SSSR count). The van der Waals surface area contributed by atoms with E-state index in [1.165, 1.54) is 24.1 Å². The number of nitrogens with zero attached hydrogens (tertiary/aromatic N) is 4. The number of aromatic nitrogens is 2. The fraction of sp³-hybridized carbons (Fsp3) is 0.238. The maximum Gasteiger partial charge on any atom is 0.286 e. The van der Waals surface area contributed by atoms with Gasteiger partial charge in [0.15, 0.2) is 11.5 Å². The Morgan fingerprint density at radius 3 is 2.60 bits per heavy atom. The summed E-state index contributed by atoms with van der Waals surface area (Å²) in [6, 6.07) is 12.1. The number of hydrogen-bond donors (Lipinski definition) is 0. The number of carbonyl (C=O) groups excluding carboxylic acids is 1. The highest BCUT2D eigenvalue weighted by Crippen LogP contribution is 2.35. The average Bonchev–Trinajstić information content (AvgIpc) is 3.22. The summed E-state index contributed by atoms with van der Waals surface area (Å²) in [5.74, 6) is -0.0242. The Kier molecular flexibility index (Phi) is 6.31. The van der Waals surface area contributed by atoms with Gasteiger partial charge in [-0.2, -0.15) is 5.10 Å². The summed E-state index contributed by atoms with van der Waals surface area (Å²) in [6.45, 7) is 2.34. The number of amides is 1. The molecule has 1 heterocycles. The van der Waals surface area contributed by atoms with Crippen LogP contribution in [0.15, 0.2) is 54.9 Å². The van der Waals surface area contributed by atoms with Crippen LogP contribution in [0.3, 0.4) is 0 Å². The fourth-order valence-electron chi connectivity index (χ4n) is 3.01. The standard InChI is InChI=1S/C21H22N4O5/c1-4-30-20-10-17(18(25(27)28)11-19(20)29-3)21(26)23(2)13-15-12-22-24(14-15)16-8-6-5-7-9-16/h5-12,14H,4,13H2,1-3H3. The zero-order valence-electron chi connectivity index (χ0n) is 16.9. The summed E-state index contributed by atoms with van der Waals surface area (Å²) < 4.78 is 12.3. The molecule has 0 N–H and O–H groups in total. The van der Waals surface area contributed by atoms with Gasteiger partial charge in [-0.3, -0.25) is 14.9 Å². The van der Waals surface area contributed by atoms with Gasteiger partial charge in [-0.05, 0) is 19.1 Å². The number of methoxy groups -OCH3 is 1. The first-order valence-electron chi connectivity index (χ1n) is 9.28. The summed E-state index contributed by atoms with van der Waals surface area (Å²) in [5, 5.41) is 15.8. The van der Waals surface area contributed by atoms with E-state index in [1.807, 2.05) is 36.5 Å². The minimum Gasteiger partial charge on any atom is -0.493 e. The third-order valence-electron chi connectivity index (χ3n) is 4.43. The van der Waals surface area contributed by atoms with Crippen LogP contribution >= 0.6 is 0 Å². The lowest BCUT2D eigenvalue weighted by atomic mass is 10.1. The van der Waals surface area contributed by atoms with E-state index in [0.717, 1.165) is 11.3 Å². The number of para-hydroxylation sites is 1. The van der Waals surface area contributed by atoms with E-state index >= 15 is 0 Å². The second kappa shape index (κ2) is 9.08. The lowest BCUT2D eigenvalue weighted by Gasteiger charge is -2.18. The molecule has 0 saturated carbocycles. The first-order chi connectivity index (χ1) is 14.4. The molecular weight excluding hydrogens is 388 g/mol. The van der Waals surface area contributed by atoms with E-state index in [0.29, 0.717) is 6.61 Å². The molecule has 3 aromatic rings. The number of nitro groups is 1. The second-order valence-corrected chi connectivity index (χ2v) is 6.50. The minimum absolute atomic E-state index is 0.0674. The lowest BCUT2D eigenvalue weighted by Crippen LogP contribution is -2.27. The number of benzene rings is 2. The quantitative estimate of drug-likeness (QED) is 0.416. The van der Waals surface area contributed by atoms with Crippen LogP contribution in [0.1, 0.15) is 22.8 Å². The summed E-state index contributed by atoms with van der Waals surface area (Å²) in [5.41, 5.74) is 1.27. The SMILES string of the molecule is CCOc1cc(C(=O)N(C)Cc2cnn(-c3ccccc3)c2)c([N+](=O)[O-])cc1OC. The molecule has 156 valence electrons. The van der Waals surface area contributed by atoms with Crippen LogP contribution in [0.2, 0.25) is 0 Å². The number of rotatable bonds is 8. The van der Waals surface area contributed by atoms with E-state index in [2.05, 4.69) is 5.10 Å². The molecular formula is C21H22N4O5. The van der Waals surface area contributed by atoms with Crippen LogP contribution in [0, 0.1) is 10.1 Å². The zero-order chi connectivity index (χ0) is 21.7. The van der Waals surface area contributed by atoms with Crippen molar-refractivity contribution in [2.75, 3.05) is 20.8 Å². The zero-order valence-corrected chi connectivity index (χ0v) is 16.9. The third-order valence-corrected chi connectivity index (χ3v) is 4.43. The predicted molar refractivity (Wildman–Crippen MR) is 110 cm³/mol. The van der Waals surface area contributed by atoms with Crippen molar-refractivity contribution in [3.8, 4) is 17.2 Å². The molecule has 0 spiro atoms. The van der Waals surface area contributed by atoms with Crippen molar-refractivity contribution >= 4 is 11.6 Å². The van der Waals surface area contributed by atoms with Gasteiger partial charge in [0, 0.05) is 31.4 Å². The van der Waals surface area contributed by atoms with Gasteiger partial charge in [-0.1, -0.05) is 18.2 Å². The van der Waals surface area contributed by atoms with Gasteiger partial charge in [-0.25, -0.2) is 4.68 Å². The number of hydrogen-bond acceptors (Lipinski definition) is 6. The molecule has 0 aliphatic rings. The van der Waals surface area contributed by atoms with E-state index in [-0.39, 0.29) is 29.3 Å². The van der Waals surface area contributed by atoms with E-state index < -0.39 is 10.8 Å². The number of nitro benzene ring substituents is 1. The van der Waals surface area contributed by atoms with Crippen molar-refractivity contribution in [3.63, 3.8) is 0 Å². The maximum absolute atomic E-state index is 13.0. The van der Waals surface area contributed by atoms with Gasteiger partial charge < -0.3 is 14.4 Å². The normalized spacial score (nSPS) is 10.5. The molecule has 0 unspecified atom stereocenters. The molecule has 1 aromatic heterocycles. The summed E-state index contributed by atoms with van der Waals surface area (Å²) >= 11 is 0. The molecule has 30 heavy (non-hydrogen) atoms. The Labute approximate surface area is 173 Å². The minimum atomic E-state index is -0.604. The van der Waals surface area contributed by atoms with Gasteiger partial charge in [0.05, 0.1) is 36.6 Å². The molecule has 0 aliphatic heterocycles. The van der Waals surface area contributed by atoms with Gasteiger partial charge in [0.1, 0.15) is 5.56 Å². The Morgan fingerprint density at radius 1 is 1.23 bits per heavy atom. The van der Waals surface area contributed by atoms with Crippen LogP contribution in [0.5, 0.6) is 11.5 Å². The Hall–Kier alpha value is -3.88. The van der Waals surface area contributed by atoms with Crippen molar-refractivity contribution in [1.29, 1.82) is 0 Å². The number of ether oxygens (including phenoxy) is 2. The van der Waals surface area contributed by atoms with Gasteiger partial charge >= 0.3 is 0 Å². The van der Waals surface area contributed by atoms with E-state index in [9.17, 15) is 14.9 Å². The van der Waals surface area contributed by atoms with Crippen LogP contribution in [-0.4, -0.2) is 46.3 Å². The molecule has 0 aliphatic carbocycles. The summed E-state index contributed by atoms with van der Waals surface area (Å²) in [4.78, 5) is 25.3. The third kappa shape index (κ3) is 4.40. The van der Waals surface area contributed by atoms with Crippen molar-refractivity contribution in [2.24, 2.45) is 0 Å². The monoisotopic (exact) mass is 410 g/mol. The summed E-state index contributed by atoms with van der Waals surface area (Å²) in [7, 11) is 2.97. The maximum atomic E-state index is 13.0. The molecule has 1 amide bonds. The Balaban J connectivity index is 1.86. The molecule has 0 saturated heterocycles. The van der Waals surface area contributed by atoms with Crippen LogP contribution < -0.4 is 9.47 Å². The first kappa shape index (κ1) is 20.8. The first-order valence-corrected chi connectivity index (χ1v) is 9.28. The van der Waals surface area contributed by atoms with Crippen molar-refractivity contribution < 1.29 is 19.2 Å². The van der Waals surface area contributed by atoms with Gasteiger partial charge in [0.25, 0.3) is 11.6 Å². The highest BCUT2D eigenvalue weighted by atomic mass is 16.6. The van der Waals surface area contributed by atoms with Crippen molar-refractivity contribution in [3.05, 3.63) is 76.1 Å². The predicted octanol–water partition coefficient (Wildman–Crippen LogP) is 3.46. The molecule has 9 nitrogen and oxygen atoms in total. The van der Waals surface area contributed by atoms with E-state index in [1.54, 1.807) is 24.9 Å². The van der Waals surface area contributed by atoms with Gasteiger partial charge in [0.2, 0.25) is 0 Å². The fourth-order valence-corrected chi connectivity index (χ4v) is 3.01. The average molecular weight is 410 g/mol. The topological polar surface area (TPSA) is 99.7 Å². The van der Waals surface area contributed by atoms with Crippen molar-refractivity contribution in [1.82, 2.24) is 14.7 Å². The molecule has 0 radical (unpaired) electrons. The smallest absolute Gasteiger partial charge is 0.286 e. The highest BCUT2D eigenvalue weighted by molar-refractivity contribution is 5.99. The molecule has 2 aromatic carbocycles. The highest BCUT2D eigenvalue weighted by Gasteiger charge is 2.27. The van der Waals surface area contributed by atoms with Crippen LogP contribution in [0.25, 0.3) is 5.69 Å². The Bertz CT molecular complexity index is 1050. The lowest BCUT2D eigenvalue weighted by molar-refractivity contribution is -0.385. The van der Waals surface area contributed by atoms with Crippen LogP contribution in [-0.2, 0) is 6.54 Å². The molecule has 9 heteroatoms. The van der Waals surface area contributed by atoms with E-state index in [4.69, 9.17) is 9.47 Å². The molecule has 0 bridgehead atoms. The summed E-state index contributed by atoms with van der Waals surface area (Å²) in [6.07, 6.45) is 3.47. The van der Waals surface area contributed by atoms with Gasteiger partial charge in [-0.15, -0.1) is 0 Å². The largest absolute Gasteiger partial charge is 0.493 e. The second-order valence-electron chi connectivity index (χ2n) is 6.50. The Morgan fingerprint density at radius 2 is 1.97 bits per heavy atom. The van der Waals surface area contributed by atoms with Crippen LogP contribution in [0.4, 0.5) is 5.69 Å². The van der Waals surface area contributed by atoms with Crippen molar-refractivity contribution in [2.45, 2.75) is 13.5 Å². The number of carbonyl (C=O) groups is 1. The molecule has 0 atom stereocenters. The molecule has 0 fully saturated rings.